The van der Waals surface area contributed by atoms with Gasteiger partial charge in [-0.25, -0.2) is 4.39 Å². The molecule has 0 aliphatic heterocycles. The summed E-state index contributed by atoms with van der Waals surface area (Å²) in [6.45, 7) is 2.29. The van der Waals surface area contributed by atoms with Crippen LogP contribution in [0.2, 0.25) is 0 Å². The van der Waals surface area contributed by atoms with Gasteiger partial charge in [-0.1, -0.05) is 36.4 Å². The average Bonchev–Trinajstić information content (AvgIpc) is 2.89. The van der Waals surface area contributed by atoms with E-state index in [9.17, 15) is 40.3 Å². The lowest BCUT2D eigenvalue weighted by Gasteiger charge is -2.31. The van der Waals surface area contributed by atoms with Crippen LogP contribution in [0.1, 0.15) is 43.8 Å². The molecular weight excluding hydrogens is 543 g/mol. The van der Waals surface area contributed by atoms with Crippen LogP contribution in [0, 0.1) is 25.2 Å². The number of rotatable bonds is 7. The monoisotopic (exact) mass is 565 g/mol. The van der Waals surface area contributed by atoms with Crippen molar-refractivity contribution in [1.29, 1.82) is 5.26 Å². The Labute approximate surface area is 224 Å². The van der Waals surface area contributed by atoms with Gasteiger partial charge in [-0.15, -0.1) is 0 Å². The third-order valence-electron chi connectivity index (χ3n) is 6.08. The van der Waals surface area contributed by atoms with Crippen molar-refractivity contribution in [2.24, 2.45) is 0 Å². The fourth-order valence-electron chi connectivity index (χ4n) is 4.09. The summed E-state index contributed by atoms with van der Waals surface area (Å²) in [5.74, 6) is -1.22. The molecule has 12 heteroatoms. The number of nitriles is 1. The van der Waals surface area contributed by atoms with Crippen LogP contribution in [-0.2, 0) is 5.67 Å². The second kappa shape index (κ2) is 11.4. The topological polar surface area (TPSA) is 73.2 Å². The number of carbonyl (C=O) groups excluding carboxylic acids is 2. The molecule has 0 aliphatic rings. The number of amides is 2. The minimum atomic E-state index is -6.27. The van der Waals surface area contributed by atoms with E-state index in [2.05, 4.69) is 5.32 Å². The zero-order valence-corrected chi connectivity index (χ0v) is 21.1. The molecule has 40 heavy (non-hydrogen) atoms. The normalized spacial score (nSPS) is 12.0. The highest BCUT2D eigenvalue weighted by Crippen LogP contribution is 2.53. The Hall–Kier alpha value is -4.40. The van der Waals surface area contributed by atoms with Crippen LogP contribution >= 0.6 is 0 Å². The lowest BCUT2D eigenvalue weighted by atomic mass is 9.90. The van der Waals surface area contributed by atoms with Gasteiger partial charge in [0.25, 0.3) is 11.8 Å². The number of alkyl halides is 7. The van der Waals surface area contributed by atoms with Crippen LogP contribution < -0.4 is 10.2 Å². The molecule has 0 saturated heterocycles. The molecule has 3 aromatic carbocycles. The molecule has 0 atom stereocenters. The minimum Gasteiger partial charge on any atom is -0.322 e. The molecule has 0 heterocycles. The zero-order valence-electron chi connectivity index (χ0n) is 21.1. The molecule has 1 N–H and O–H groups in total. The van der Waals surface area contributed by atoms with Gasteiger partial charge in [0.15, 0.2) is 0 Å². The van der Waals surface area contributed by atoms with Gasteiger partial charge >= 0.3 is 18.0 Å². The number of hydrogen-bond acceptors (Lipinski definition) is 3. The van der Waals surface area contributed by atoms with E-state index in [1.807, 2.05) is 6.07 Å². The number of hydrogen-bond donors (Lipinski definition) is 1. The van der Waals surface area contributed by atoms with Crippen molar-refractivity contribution < 1.29 is 40.3 Å². The summed E-state index contributed by atoms with van der Waals surface area (Å²) in [6.07, 6.45) is -12.6. The Morgan fingerprint density at radius 1 is 0.825 bits per heavy atom. The molecule has 0 aromatic heterocycles. The summed E-state index contributed by atoms with van der Waals surface area (Å²) >= 11 is 0. The van der Waals surface area contributed by atoms with Crippen molar-refractivity contribution in [3.05, 3.63) is 94.5 Å². The molecule has 0 spiro atoms. The molecule has 3 rings (SSSR count). The van der Waals surface area contributed by atoms with E-state index < -0.39 is 35.4 Å². The molecule has 5 nitrogen and oxygen atoms in total. The smallest absolute Gasteiger partial charge is 0.322 e. The summed E-state index contributed by atoms with van der Waals surface area (Å²) in [5.41, 5.74) is -7.21. The zero-order chi connectivity index (χ0) is 29.9. The van der Waals surface area contributed by atoms with E-state index in [1.165, 1.54) is 29.2 Å². The van der Waals surface area contributed by atoms with Crippen molar-refractivity contribution in [2.45, 2.75) is 38.3 Å². The van der Waals surface area contributed by atoms with E-state index in [1.54, 1.807) is 30.3 Å². The molecule has 3 aromatic rings. The summed E-state index contributed by atoms with van der Waals surface area (Å²) in [4.78, 5) is 27.4. The van der Waals surface area contributed by atoms with Crippen LogP contribution in [0.5, 0.6) is 0 Å². The minimum absolute atomic E-state index is 0.00798. The van der Waals surface area contributed by atoms with Crippen molar-refractivity contribution in [2.75, 3.05) is 16.8 Å². The lowest BCUT2D eigenvalue weighted by molar-refractivity contribution is -0.348. The van der Waals surface area contributed by atoms with E-state index >= 15 is 0 Å². The van der Waals surface area contributed by atoms with E-state index in [0.29, 0.717) is 17.7 Å². The maximum absolute atomic E-state index is 14.6. The van der Waals surface area contributed by atoms with E-state index in [4.69, 9.17) is 5.26 Å². The van der Waals surface area contributed by atoms with Gasteiger partial charge in [-0.05, 0) is 55.3 Å². The van der Waals surface area contributed by atoms with Crippen LogP contribution in [-0.4, -0.2) is 30.7 Å². The summed E-state index contributed by atoms with van der Waals surface area (Å²) < 4.78 is 93.9. The fraction of sp³-hybridized carbons (Fsp3) is 0.250. The number of carbonyl (C=O) groups is 2. The summed E-state index contributed by atoms with van der Waals surface area (Å²) in [6, 6.07) is 16.7. The molecule has 210 valence electrons. The molecule has 2 amide bonds. The van der Waals surface area contributed by atoms with Crippen LogP contribution in [0.25, 0.3) is 0 Å². The first kappa shape index (κ1) is 30.1. The Bertz CT molecular complexity index is 1410. The Balaban J connectivity index is 1.95. The predicted octanol–water partition coefficient (Wildman–Crippen LogP) is 7.41. The molecule has 0 saturated carbocycles. The number of nitrogens with one attached hydrogen (secondary N) is 1. The Morgan fingerprint density at radius 2 is 1.38 bits per heavy atom. The average molecular weight is 565 g/mol. The first-order chi connectivity index (χ1) is 18.6. The number of nitrogens with zero attached hydrogens (tertiary/aromatic N) is 2. The molecule has 0 fully saturated rings. The van der Waals surface area contributed by atoms with Crippen molar-refractivity contribution in [3.8, 4) is 6.07 Å². The summed E-state index contributed by atoms with van der Waals surface area (Å²) in [5, 5.41) is 11.5. The van der Waals surface area contributed by atoms with E-state index in [0.717, 1.165) is 13.8 Å². The number of aryl methyl sites for hydroxylation is 2. The highest BCUT2D eigenvalue weighted by molar-refractivity contribution is 6.08. The number of halogens is 7. The highest BCUT2D eigenvalue weighted by Gasteiger charge is 2.73. The Morgan fingerprint density at radius 3 is 1.90 bits per heavy atom. The van der Waals surface area contributed by atoms with Crippen LogP contribution in [0.4, 0.5) is 42.1 Å². The first-order valence-corrected chi connectivity index (χ1v) is 11.7. The maximum atomic E-state index is 14.6. The van der Waals surface area contributed by atoms with Crippen molar-refractivity contribution in [3.63, 3.8) is 0 Å². The SMILES string of the molecule is Cc1cc(C(F)(C(F)(F)F)C(F)(F)F)cc(C)c1NC(=O)c1cccc(N(CCC#N)C(=O)c2ccccc2)c1. The quantitative estimate of drug-likeness (QED) is 0.304. The predicted molar refractivity (Wildman–Crippen MR) is 134 cm³/mol. The van der Waals surface area contributed by atoms with Gasteiger partial charge in [-0.2, -0.15) is 31.6 Å². The van der Waals surface area contributed by atoms with Crippen LogP contribution in [0.3, 0.4) is 0 Å². The lowest BCUT2D eigenvalue weighted by Crippen LogP contribution is -2.50. The number of benzene rings is 3. The van der Waals surface area contributed by atoms with Gasteiger partial charge in [0.1, 0.15) is 0 Å². The largest absolute Gasteiger partial charge is 0.435 e. The second-order valence-electron chi connectivity index (χ2n) is 8.87. The third kappa shape index (κ3) is 5.93. The Kier molecular flexibility index (Phi) is 8.57. The first-order valence-electron chi connectivity index (χ1n) is 11.7. The molecule has 0 bridgehead atoms. The highest BCUT2D eigenvalue weighted by atomic mass is 19.4. The molecule has 0 aliphatic carbocycles. The summed E-state index contributed by atoms with van der Waals surface area (Å²) in [7, 11) is 0. The third-order valence-corrected chi connectivity index (χ3v) is 6.08. The van der Waals surface area contributed by atoms with Crippen molar-refractivity contribution >= 4 is 23.2 Å². The standard InChI is InChI=1S/C28H22F7N3O2/c1-17-14-21(26(29,27(30,31)32)28(33,34)35)15-18(2)23(17)37-24(39)20-10-6-11-22(16-20)38(13-7-12-36)25(40)19-8-4-3-5-9-19/h3-6,8-11,14-16H,7,13H2,1-2H3,(H,37,39). The second-order valence-corrected chi connectivity index (χ2v) is 8.87. The molecule has 0 unspecified atom stereocenters. The van der Waals surface area contributed by atoms with Gasteiger partial charge < -0.3 is 10.2 Å². The van der Waals surface area contributed by atoms with Crippen LogP contribution in [0.15, 0.2) is 66.7 Å². The van der Waals surface area contributed by atoms with E-state index in [-0.39, 0.29) is 41.0 Å². The van der Waals surface area contributed by atoms with Crippen molar-refractivity contribution in [1.82, 2.24) is 0 Å². The van der Waals surface area contributed by atoms with Gasteiger partial charge in [0.2, 0.25) is 0 Å². The maximum Gasteiger partial charge on any atom is 0.435 e. The molecule has 0 radical (unpaired) electrons. The fourth-order valence-corrected chi connectivity index (χ4v) is 4.09. The van der Waals surface area contributed by atoms with Gasteiger partial charge in [0.05, 0.1) is 12.5 Å². The molecular formula is C28H22F7N3O2. The van der Waals surface area contributed by atoms with Gasteiger partial charge in [-0.3, -0.25) is 9.59 Å². The number of anilines is 2. The van der Waals surface area contributed by atoms with Gasteiger partial charge in [0, 0.05) is 34.6 Å².